The normalized spacial score (nSPS) is 11.0. The Kier molecular flexibility index (Phi) is 4.98. The van der Waals surface area contributed by atoms with E-state index in [1.807, 2.05) is 5.32 Å². The van der Waals surface area contributed by atoms with Crippen LogP contribution in [0.1, 0.15) is 12.0 Å². The van der Waals surface area contributed by atoms with Gasteiger partial charge < -0.3 is 10.4 Å². The third-order valence-electron chi connectivity index (χ3n) is 2.24. The molecule has 0 spiro atoms. The predicted molar refractivity (Wildman–Crippen MR) is 61.8 cm³/mol. The van der Waals surface area contributed by atoms with Gasteiger partial charge in [-0.15, -0.1) is 0 Å². The van der Waals surface area contributed by atoms with Gasteiger partial charge in [0.1, 0.15) is 6.61 Å². The number of Topliss-reactive ketones (excluding diaryl/α,β-unsaturated/α-hetero) is 2. The first-order chi connectivity index (χ1) is 9.24. The Morgan fingerprint density at radius 3 is 2.40 bits per heavy atom. The number of hydrogen-bond donors (Lipinski definition) is 2. The minimum atomic E-state index is -4.57. The number of alkyl halides is 3. The Morgan fingerprint density at radius 1 is 1.20 bits per heavy atom. The molecule has 0 aliphatic rings. The van der Waals surface area contributed by atoms with Crippen molar-refractivity contribution in [3.63, 3.8) is 0 Å². The van der Waals surface area contributed by atoms with Crippen molar-refractivity contribution in [2.75, 3.05) is 11.9 Å². The molecule has 1 rings (SSSR count). The van der Waals surface area contributed by atoms with Crippen LogP contribution >= 0.6 is 0 Å². The largest absolute Gasteiger partial charge is 0.416 e. The number of aliphatic hydroxyl groups excluding tert-OH is 1. The van der Waals surface area contributed by atoms with Crippen LogP contribution in [0.25, 0.3) is 0 Å². The van der Waals surface area contributed by atoms with E-state index >= 15 is 0 Å². The van der Waals surface area contributed by atoms with Crippen molar-refractivity contribution in [3.8, 4) is 0 Å². The van der Waals surface area contributed by atoms with Crippen molar-refractivity contribution < 1.29 is 32.7 Å². The molecule has 0 saturated carbocycles. The molecule has 0 fully saturated rings. The molecule has 0 aliphatic carbocycles. The van der Waals surface area contributed by atoms with Gasteiger partial charge in [0.2, 0.25) is 5.78 Å². The lowest BCUT2D eigenvalue weighted by Gasteiger charge is -2.09. The highest BCUT2D eigenvalue weighted by molar-refractivity contribution is 6.43. The molecule has 0 bridgehead atoms. The molecular formula is C12H10F3NO4. The molecule has 1 aromatic carbocycles. The summed E-state index contributed by atoms with van der Waals surface area (Å²) in [6, 6.07) is 3.72. The second kappa shape index (κ2) is 6.29. The maximum atomic E-state index is 12.4. The monoisotopic (exact) mass is 289 g/mol. The summed E-state index contributed by atoms with van der Waals surface area (Å²) in [6.07, 6.45) is -5.38. The van der Waals surface area contributed by atoms with Gasteiger partial charge in [0.05, 0.1) is 12.0 Å². The Bertz CT molecular complexity index is 540. The van der Waals surface area contributed by atoms with Gasteiger partial charge in [-0.05, 0) is 18.2 Å². The van der Waals surface area contributed by atoms with E-state index in [4.69, 9.17) is 5.11 Å². The van der Waals surface area contributed by atoms with Crippen LogP contribution in [0.15, 0.2) is 24.3 Å². The molecule has 0 aliphatic heterocycles. The zero-order chi connectivity index (χ0) is 15.3. The number of ketones is 2. The number of rotatable bonds is 5. The molecule has 0 unspecified atom stereocenters. The third-order valence-corrected chi connectivity index (χ3v) is 2.24. The number of benzene rings is 1. The standard InChI is InChI=1S/C12H10F3NO4/c13-12(14,15)7-2-1-3-8(4-7)16-11(20)10(19)5-9(18)6-17/h1-4,17H,5-6H2,(H,16,20). The SMILES string of the molecule is O=C(CO)CC(=O)C(=O)Nc1cccc(C(F)(F)F)c1. The number of anilines is 1. The maximum absolute atomic E-state index is 12.4. The summed E-state index contributed by atoms with van der Waals surface area (Å²) in [5, 5.41) is 10.4. The van der Waals surface area contributed by atoms with Crippen molar-refractivity contribution in [3.05, 3.63) is 29.8 Å². The first kappa shape index (κ1) is 15.8. The number of aliphatic hydroxyl groups is 1. The number of halogens is 3. The van der Waals surface area contributed by atoms with Gasteiger partial charge in [-0.25, -0.2) is 0 Å². The topological polar surface area (TPSA) is 83.5 Å². The van der Waals surface area contributed by atoms with Gasteiger partial charge in [-0.3, -0.25) is 14.4 Å². The third kappa shape index (κ3) is 4.47. The van der Waals surface area contributed by atoms with Crippen LogP contribution in [0.5, 0.6) is 0 Å². The van der Waals surface area contributed by atoms with Crippen LogP contribution in [-0.4, -0.2) is 29.2 Å². The summed E-state index contributed by atoms with van der Waals surface area (Å²) in [5.41, 5.74) is -1.19. The van der Waals surface area contributed by atoms with Gasteiger partial charge in [-0.1, -0.05) is 6.07 Å². The molecule has 0 heterocycles. The Balaban J connectivity index is 2.76. The summed E-state index contributed by atoms with van der Waals surface area (Å²) in [5.74, 6) is -3.21. The van der Waals surface area contributed by atoms with Crippen molar-refractivity contribution in [1.29, 1.82) is 0 Å². The van der Waals surface area contributed by atoms with E-state index in [-0.39, 0.29) is 5.69 Å². The summed E-state index contributed by atoms with van der Waals surface area (Å²) in [6.45, 7) is -0.886. The molecule has 8 heteroatoms. The minimum absolute atomic E-state index is 0.213. The smallest absolute Gasteiger partial charge is 0.389 e. The van der Waals surface area contributed by atoms with Crippen molar-refractivity contribution >= 4 is 23.2 Å². The van der Waals surface area contributed by atoms with Crippen LogP contribution in [-0.2, 0) is 20.6 Å². The van der Waals surface area contributed by atoms with Gasteiger partial charge >= 0.3 is 6.18 Å². The second-order valence-corrected chi connectivity index (χ2v) is 3.83. The van der Waals surface area contributed by atoms with E-state index in [1.54, 1.807) is 0 Å². The Morgan fingerprint density at radius 2 is 1.85 bits per heavy atom. The first-order valence-corrected chi connectivity index (χ1v) is 5.38. The van der Waals surface area contributed by atoms with Crippen molar-refractivity contribution in [2.45, 2.75) is 12.6 Å². The summed E-state index contributed by atoms with van der Waals surface area (Å²) >= 11 is 0. The molecule has 2 N–H and O–H groups in total. The summed E-state index contributed by atoms with van der Waals surface area (Å²) in [4.78, 5) is 33.3. The first-order valence-electron chi connectivity index (χ1n) is 5.38. The average Bonchev–Trinajstić information content (AvgIpc) is 2.37. The quantitative estimate of drug-likeness (QED) is 0.629. The van der Waals surface area contributed by atoms with E-state index in [0.717, 1.165) is 12.1 Å². The van der Waals surface area contributed by atoms with E-state index in [0.29, 0.717) is 6.07 Å². The second-order valence-electron chi connectivity index (χ2n) is 3.83. The molecule has 0 radical (unpaired) electrons. The average molecular weight is 289 g/mol. The lowest BCUT2D eigenvalue weighted by molar-refractivity contribution is -0.137. The van der Waals surface area contributed by atoms with Crippen LogP contribution in [0, 0.1) is 0 Å². The van der Waals surface area contributed by atoms with E-state index < -0.39 is 42.2 Å². The molecule has 1 aromatic rings. The summed E-state index contributed by atoms with van der Waals surface area (Å²) in [7, 11) is 0. The predicted octanol–water partition coefficient (Wildman–Crippen LogP) is 1.16. The highest BCUT2D eigenvalue weighted by atomic mass is 19.4. The maximum Gasteiger partial charge on any atom is 0.416 e. The molecule has 0 saturated heterocycles. The fourth-order valence-corrected chi connectivity index (χ4v) is 1.29. The number of carbonyl (C=O) groups excluding carboxylic acids is 3. The zero-order valence-electron chi connectivity index (χ0n) is 10.0. The number of carbonyl (C=O) groups is 3. The number of amides is 1. The number of hydrogen-bond acceptors (Lipinski definition) is 4. The van der Waals surface area contributed by atoms with E-state index in [1.165, 1.54) is 6.07 Å². The molecule has 1 amide bonds. The van der Waals surface area contributed by atoms with Crippen molar-refractivity contribution in [2.24, 2.45) is 0 Å². The Hall–Kier alpha value is -2.22. The molecular weight excluding hydrogens is 279 g/mol. The zero-order valence-corrected chi connectivity index (χ0v) is 10.0. The van der Waals surface area contributed by atoms with Crippen LogP contribution in [0.4, 0.5) is 18.9 Å². The molecule has 20 heavy (non-hydrogen) atoms. The molecule has 0 atom stereocenters. The van der Waals surface area contributed by atoms with Crippen LogP contribution in [0.3, 0.4) is 0 Å². The highest BCUT2D eigenvalue weighted by Gasteiger charge is 2.30. The minimum Gasteiger partial charge on any atom is -0.389 e. The van der Waals surface area contributed by atoms with Gasteiger partial charge in [0, 0.05) is 5.69 Å². The molecule has 108 valence electrons. The fraction of sp³-hybridized carbons (Fsp3) is 0.250. The lowest BCUT2D eigenvalue weighted by atomic mass is 10.1. The van der Waals surface area contributed by atoms with Gasteiger partial charge in [0.15, 0.2) is 5.78 Å². The molecule has 5 nitrogen and oxygen atoms in total. The van der Waals surface area contributed by atoms with Crippen LogP contribution in [0.2, 0.25) is 0 Å². The highest BCUT2D eigenvalue weighted by Crippen LogP contribution is 2.30. The van der Waals surface area contributed by atoms with Gasteiger partial charge in [-0.2, -0.15) is 13.2 Å². The fourth-order valence-electron chi connectivity index (χ4n) is 1.29. The van der Waals surface area contributed by atoms with Gasteiger partial charge in [0.25, 0.3) is 5.91 Å². The lowest BCUT2D eigenvalue weighted by Crippen LogP contribution is -2.26. The Labute approximate surface area is 111 Å². The number of nitrogens with one attached hydrogen (secondary N) is 1. The summed E-state index contributed by atoms with van der Waals surface area (Å²) < 4.78 is 37.3. The van der Waals surface area contributed by atoms with Crippen LogP contribution < -0.4 is 5.32 Å². The van der Waals surface area contributed by atoms with E-state index in [9.17, 15) is 27.6 Å². The molecule has 0 aromatic heterocycles. The van der Waals surface area contributed by atoms with Crippen molar-refractivity contribution in [1.82, 2.24) is 0 Å². The van der Waals surface area contributed by atoms with E-state index in [2.05, 4.69) is 0 Å².